The fourth-order valence-corrected chi connectivity index (χ4v) is 5.69. The summed E-state index contributed by atoms with van der Waals surface area (Å²) < 4.78 is 41.3. The quantitative estimate of drug-likeness (QED) is 0.388. The normalized spacial score (nSPS) is 16.4. The third-order valence-electron chi connectivity index (χ3n) is 7.91. The average Bonchev–Trinajstić information content (AvgIpc) is 3.16. The Labute approximate surface area is 234 Å². The lowest BCUT2D eigenvalue weighted by Gasteiger charge is -2.28. The minimum atomic E-state index is -4.47. The van der Waals surface area contributed by atoms with Crippen molar-refractivity contribution in [1.29, 1.82) is 0 Å². The maximum Gasteiger partial charge on any atom is 0.419 e. The second kappa shape index (κ2) is 11.6. The molecular weight excluding hydrogens is 515 g/mol. The summed E-state index contributed by atoms with van der Waals surface area (Å²) in [5, 5.41) is 6.79. The Bertz CT molecular complexity index is 1300. The van der Waals surface area contributed by atoms with E-state index in [1.807, 2.05) is 7.05 Å². The second-order valence-electron chi connectivity index (χ2n) is 11.3. The predicted octanol–water partition coefficient (Wildman–Crippen LogP) is 5.73. The molecule has 7 nitrogen and oxygen atoms in total. The van der Waals surface area contributed by atoms with Crippen LogP contribution < -0.4 is 20.4 Å². The maximum absolute atomic E-state index is 13.8. The third-order valence-corrected chi connectivity index (χ3v) is 7.91. The highest BCUT2D eigenvalue weighted by Gasteiger charge is 2.36. The van der Waals surface area contributed by atoms with E-state index in [9.17, 15) is 13.2 Å². The van der Waals surface area contributed by atoms with Crippen LogP contribution in [-0.4, -0.2) is 54.7 Å². The number of rotatable bonds is 7. The van der Waals surface area contributed by atoms with Gasteiger partial charge in [0.1, 0.15) is 11.6 Å². The fraction of sp³-hybridized carbons (Fsp3) is 0.500. The number of halogens is 3. The maximum atomic E-state index is 13.8. The first kappa shape index (κ1) is 28.1. The van der Waals surface area contributed by atoms with Gasteiger partial charge in [-0.15, -0.1) is 0 Å². The van der Waals surface area contributed by atoms with Gasteiger partial charge in [-0.25, -0.2) is 9.97 Å². The van der Waals surface area contributed by atoms with E-state index >= 15 is 0 Å². The zero-order valence-corrected chi connectivity index (χ0v) is 23.5. The molecule has 0 atom stereocenters. The number of piperidine rings is 1. The van der Waals surface area contributed by atoms with E-state index in [0.29, 0.717) is 31.9 Å². The lowest BCUT2D eigenvalue weighted by Crippen LogP contribution is -2.31. The highest BCUT2D eigenvalue weighted by Crippen LogP contribution is 2.36. The van der Waals surface area contributed by atoms with Crippen LogP contribution in [0.4, 0.5) is 36.4 Å². The molecule has 40 heavy (non-hydrogen) atoms. The SMILES string of the molecule is CNCC(C)(C)c1ccc(Nc2nc(N3CCCCC3)nc3c2CCN(c2ncccc2C(F)(F)F)CC3)cc1. The molecule has 2 N–H and O–H groups in total. The lowest BCUT2D eigenvalue weighted by atomic mass is 9.84. The summed E-state index contributed by atoms with van der Waals surface area (Å²) >= 11 is 0. The summed E-state index contributed by atoms with van der Waals surface area (Å²) in [6.07, 6.45) is 1.37. The van der Waals surface area contributed by atoms with E-state index in [2.05, 4.69) is 58.6 Å². The Hall–Kier alpha value is -3.40. The van der Waals surface area contributed by atoms with E-state index in [0.717, 1.165) is 61.3 Å². The van der Waals surface area contributed by atoms with Crippen molar-refractivity contribution in [2.45, 2.75) is 57.5 Å². The highest BCUT2D eigenvalue weighted by atomic mass is 19.4. The van der Waals surface area contributed by atoms with Gasteiger partial charge in [-0.05, 0) is 62.6 Å². The van der Waals surface area contributed by atoms with E-state index < -0.39 is 11.7 Å². The van der Waals surface area contributed by atoms with Gasteiger partial charge in [0, 0.05) is 62.0 Å². The van der Waals surface area contributed by atoms with Gasteiger partial charge < -0.3 is 20.4 Å². The molecule has 0 spiro atoms. The van der Waals surface area contributed by atoms with Crippen LogP contribution in [0.25, 0.3) is 0 Å². The van der Waals surface area contributed by atoms with Gasteiger partial charge in [-0.2, -0.15) is 18.2 Å². The van der Waals surface area contributed by atoms with Crippen LogP contribution in [0.2, 0.25) is 0 Å². The third kappa shape index (κ3) is 6.16. The van der Waals surface area contributed by atoms with Crippen LogP contribution in [0.1, 0.15) is 55.5 Å². The molecule has 2 aromatic heterocycles. The van der Waals surface area contributed by atoms with E-state index in [1.54, 1.807) is 4.90 Å². The number of alkyl halides is 3. The molecule has 0 saturated carbocycles. The molecule has 214 valence electrons. The van der Waals surface area contributed by atoms with Crippen LogP contribution in [-0.2, 0) is 24.4 Å². The number of anilines is 4. The molecule has 2 aliphatic rings. The summed E-state index contributed by atoms with van der Waals surface area (Å²) in [5.41, 5.74) is 3.27. The number of nitrogens with one attached hydrogen (secondary N) is 2. The zero-order chi connectivity index (χ0) is 28.3. The van der Waals surface area contributed by atoms with Gasteiger partial charge in [-0.1, -0.05) is 26.0 Å². The Morgan fingerprint density at radius 2 is 1.60 bits per heavy atom. The fourth-order valence-electron chi connectivity index (χ4n) is 5.69. The van der Waals surface area contributed by atoms with E-state index in [-0.39, 0.29) is 11.2 Å². The van der Waals surface area contributed by atoms with Gasteiger partial charge in [-0.3, -0.25) is 0 Å². The van der Waals surface area contributed by atoms with E-state index in [1.165, 1.54) is 24.2 Å². The molecule has 3 aromatic rings. The van der Waals surface area contributed by atoms with Crippen LogP contribution in [0.5, 0.6) is 0 Å². The zero-order valence-electron chi connectivity index (χ0n) is 23.5. The van der Waals surface area contributed by atoms with Gasteiger partial charge in [0.15, 0.2) is 0 Å². The number of likely N-dealkylation sites (N-methyl/N-ethyl adjacent to an activating group) is 1. The summed E-state index contributed by atoms with van der Waals surface area (Å²) in [7, 11) is 1.96. The predicted molar refractivity (Wildman–Crippen MR) is 154 cm³/mol. The first-order chi connectivity index (χ1) is 19.2. The number of fused-ring (bicyclic) bond motifs is 1. The van der Waals surface area contributed by atoms with Crippen LogP contribution in [0.15, 0.2) is 42.6 Å². The number of pyridine rings is 1. The van der Waals surface area contributed by atoms with Crippen molar-refractivity contribution in [3.63, 3.8) is 0 Å². The Morgan fingerprint density at radius 3 is 2.30 bits per heavy atom. The first-order valence-corrected chi connectivity index (χ1v) is 14.1. The molecule has 2 aliphatic heterocycles. The molecule has 5 rings (SSSR count). The number of benzene rings is 1. The minimum Gasteiger partial charge on any atom is -0.355 e. The Balaban J connectivity index is 1.46. The second-order valence-corrected chi connectivity index (χ2v) is 11.3. The molecule has 1 fully saturated rings. The lowest BCUT2D eigenvalue weighted by molar-refractivity contribution is -0.137. The standard InChI is InChI=1S/C30H38F3N7/c1-29(2,20-34-3)21-9-11-22(12-10-21)36-26-23-13-18-39(27-24(30(31,32)33)8-7-15-35-27)19-14-25(23)37-28(38-26)40-16-5-4-6-17-40/h7-12,15,34H,4-6,13-14,16-20H2,1-3H3,(H,36,37,38). The van der Waals surface area contributed by atoms with Crippen molar-refractivity contribution in [1.82, 2.24) is 20.3 Å². The summed E-state index contributed by atoms with van der Waals surface area (Å²) in [5.74, 6) is 1.39. The Kier molecular flexibility index (Phi) is 8.16. The van der Waals surface area contributed by atoms with Crippen LogP contribution >= 0.6 is 0 Å². The van der Waals surface area contributed by atoms with Crippen molar-refractivity contribution in [3.05, 3.63) is 65.0 Å². The van der Waals surface area contributed by atoms with Gasteiger partial charge in [0.2, 0.25) is 5.95 Å². The van der Waals surface area contributed by atoms with Crippen LogP contribution in [0, 0.1) is 0 Å². The van der Waals surface area contributed by atoms with Crippen LogP contribution in [0.3, 0.4) is 0 Å². The molecular formula is C30H38F3N7. The van der Waals surface area contributed by atoms with Crippen molar-refractivity contribution in [2.75, 3.05) is 54.9 Å². The summed E-state index contributed by atoms with van der Waals surface area (Å²) in [6.45, 7) is 7.88. The molecule has 0 unspecified atom stereocenters. The number of nitrogens with zero attached hydrogens (tertiary/aromatic N) is 5. The summed E-state index contributed by atoms with van der Waals surface area (Å²) in [6, 6.07) is 10.8. The number of hydrogen-bond donors (Lipinski definition) is 2. The smallest absolute Gasteiger partial charge is 0.355 e. The molecule has 10 heteroatoms. The van der Waals surface area contributed by atoms with Gasteiger partial charge in [0.25, 0.3) is 0 Å². The molecule has 0 bridgehead atoms. The summed E-state index contributed by atoms with van der Waals surface area (Å²) in [4.78, 5) is 18.0. The molecule has 0 aliphatic carbocycles. The highest BCUT2D eigenvalue weighted by molar-refractivity contribution is 5.63. The van der Waals surface area contributed by atoms with Crippen molar-refractivity contribution >= 4 is 23.3 Å². The van der Waals surface area contributed by atoms with Crippen molar-refractivity contribution in [2.24, 2.45) is 0 Å². The molecule has 0 amide bonds. The minimum absolute atomic E-state index is 0.00902. The average molecular weight is 554 g/mol. The first-order valence-electron chi connectivity index (χ1n) is 14.1. The number of aromatic nitrogens is 3. The Morgan fingerprint density at radius 1 is 0.875 bits per heavy atom. The van der Waals surface area contributed by atoms with Gasteiger partial charge >= 0.3 is 6.18 Å². The monoisotopic (exact) mass is 553 g/mol. The molecule has 0 radical (unpaired) electrons. The van der Waals surface area contributed by atoms with Crippen molar-refractivity contribution in [3.8, 4) is 0 Å². The largest absolute Gasteiger partial charge is 0.419 e. The topological polar surface area (TPSA) is 69.2 Å². The molecule has 1 saturated heterocycles. The van der Waals surface area contributed by atoms with Gasteiger partial charge in [0.05, 0.1) is 11.3 Å². The number of hydrogen-bond acceptors (Lipinski definition) is 7. The van der Waals surface area contributed by atoms with Crippen molar-refractivity contribution < 1.29 is 13.2 Å². The molecule has 4 heterocycles. The van der Waals surface area contributed by atoms with E-state index in [4.69, 9.17) is 9.97 Å². The molecule has 1 aromatic carbocycles.